The smallest absolute Gasteiger partial charge is 0.243 e. The van der Waals surface area contributed by atoms with E-state index in [2.05, 4.69) is 15.2 Å². The molecule has 162 valence electrons. The van der Waals surface area contributed by atoms with E-state index >= 15 is 0 Å². The zero-order chi connectivity index (χ0) is 21.8. The summed E-state index contributed by atoms with van der Waals surface area (Å²) in [5.74, 6) is -0.237. The summed E-state index contributed by atoms with van der Waals surface area (Å²) in [5.41, 5.74) is 2.15. The molecule has 0 atom stereocenters. The predicted molar refractivity (Wildman–Crippen MR) is 123 cm³/mol. The van der Waals surface area contributed by atoms with Crippen LogP contribution in [0.4, 0.5) is 5.69 Å². The van der Waals surface area contributed by atoms with Gasteiger partial charge in [0.1, 0.15) is 5.01 Å². The van der Waals surface area contributed by atoms with Crippen molar-refractivity contribution in [3.63, 3.8) is 0 Å². The van der Waals surface area contributed by atoms with Crippen LogP contribution in [0.2, 0.25) is 0 Å². The van der Waals surface area contributed by atoms with Crippen LogP contribution in [0.15, 0.2) is 64.9 Å². The van der Waals surface area contributed by atoms with E-state index < -0.39 is 10.0 Å². The summed E-state index contributed by atoms with van der Waals surface area (Å²) in [4.78, 5) is 19.3. The van der Waals surface area contributed by atoms with Crippen LogP contribution in [0.25, 0.3) is 10.6 Å². The van der Waals surface area contributed by atoms with Crippen LogP contribution in [0.5, 0.6) is 0 Å². The molecule has 1 aromatic heterocycles. The summed E-state index contributed by atoms with van der Waals surface area (Å²) in [6.45, 7) is 2.33. The molecule has 0 radical (unpaired) electrons. The first-order valence-electron chi connectivity index (χ1n) is 10.0. The minimum Gasteiger partial charge on any atom is -0.326 e. The molecule has 0 spiro atoms. The van der Waals surface area contributed by atoms with E-state index in [1.165, 1.54) is 21.7 Å². The zero-order valence-corrected chi connectivity index (χ0v) is 18.8. The lowest BCUT2D eigenvalue weighted by atomic mass is 10.2. The number of piperazine rings is 1. The molecule has 1 amide bonds. The Bertz CT molecular complexity index is 1150. The summed E-state index contributed by atoms with van der Waals surface area (Å²) < 4.78 is 27.4. The number of hydrogen-bond acceptors (Lipinski definition) is 6. The predicted octanol–water partition coefficient (Wildman–Crippen LogP) is 2.93. The van der Waals surface area contributed by atoms with E-state index in [0.717, 1.165) is 10.6 Å². The Morgan fingerprint density at radius 2 is 1.81 bits per heavy atom. The molecule has 0 saturated carbocycles. The van der Waals surface area contributed by atoms with Crippen molar-refractivity contribution in [1.82, 2.24) is 14.2 Å². The van der Waals surface area contributed by atoms with E-state index in [0.29, 0.717) is 37.6 Å². The third-order valence-corrected chi connectivity index (χ3v) is 7.97. The van der Waals surface area contributed by atoms with Crippen LogP contribution in [-0.4, -0.2) is 61.7 Å². The molecule has 7 nitrogen and oxygen atoms in total. The molecule has 0 aliphatic carbocycles. The minimum atomic E-state index is -3.59. The minimum absolute atomic E-state index is 0.124. The highest BCUT2D eigenvalue weighted by molar-refractivity contribution is 7.89. The fraction of sp³-hybridized carbons (Fsp3) is 0.273. The quantitative estimate of drug-likeness (QED) is 0.617. The fourth-order valence-corrected chi connectivity index (χ4v) is 5.68. The van der Waals surface area contributed by atoms with Crippen molar-refractivity contribution < 1.29 is 13.2 Å². The maximum Gasteiger partial charge on any atom is 0.243 e. The molecule has 3 aromatic rings. The Balaban J connectivity index is 1.42. The summed E-state index contributed by atoms with van der Waals surface area (Å²) in [6.07, 6.45) is 0.124. The lowest BCUT2D eigenvalue weighted by molar-refractivity contribution is -0.115. The van der Waals surface area contributed by atoms with Gasteiger partial charge < -0.3 is 10.2 Å². The number of anilines is 1. The summed E-state index contributed by atoms with van der Waals surface area (Å²) in [6, 6.07) is 16.2. The van der Waals surface area contributed by atoms with Crippen molar-refractivity contribution in [1.29, 1.82) is 0 Å². The van der Waals surface area contributed by atoms with Gasteiger partial charge in [0.05, 0.1) is 17.0 Å². The SMILES string of the molecule is CN1CCN(S(=O)(=O)c2cccc(NC(=O)Cc3csc(-c4ccccc4)n3)c2)CC1. The van der Waals surface area contributed by atoms with Gasteiger partial charge in [0, 0.05) is 42.8 Å². The van der Waals surface area contributed by atoms with Crippen LogP contribution < -0.4 is 5.32 Å². The first-order chi connectivity index (χ1) is 14.9. The largest absolute Gasteiger partial charge is 0.326 e. The second-order valence-electron chi connectivity index (χ2n) is 7.47. The second kappa shape index (κ2) is 9.27. The number of hydrogen-bond donors (Lipinski definition) is 1. The molecule has 0 unspecified atom stereocenters. The number of thiazole rings is 1. The highest BCUT2D eigenvalue weighted by atomic mass is 32.2. The number of rotatable bonds is 6. The number of carbonyl (C=O) groups is 1. The molecule has 31 heavy (non-hydrogen) atoms. The molecule has 2 aromatic carbocycles. The van der Waals surface area contributed by atoms with Gasteiger partial charge in [-0.1, -0.05) is 36.4 Å². The number of aromatic nitrogens is 1. The first-order valence-corrected chi connectivity index (χ1v) is 12.3. The van der Waals surface area contributed by atoms with Gasteiger partial charge in [0.2, 0.25) is 15.9 Å². The molecule has 4 rings (SSSR count). The third kappa shape index (κ3) is 5.19. The highest BCUT2D eigenvalue weighted by Crippen LogP contribution is 2.24. The van der Waals surface area contributed by atoms with Crippen molar-refractivity contribution in [2.24, 2.45) is 0 Å². The molecular formula is C22H24N4O3S2. The summed E-state index contributed by atoms with van der Waals surface area (Å²) >= 11 is 1.49. The molecule has 0 bridgehead atoms. The van der Waals surface area contributed by atoms with Gasteiger partial charge >= 0.3 is 0 Å². The first kappa shape index (κ1) is 21.6. The number of likely N-dealkylation sites (N-methyl/N-ethyl adjacent to an activating group) is 1. The molecule has 1 saturated heterocycles. The van der Waals surface area contributed by atoms with E-state index in [9.17, 15) is 13.2 Å². The van der Waals surface area contributed by atoms with Gasteiger partial charge in [-0.15, -0.1) is 11.3 Å². The normalized spacial score (nSPS) is 15.6. The number of carbonyl (C=O) groups excluding carboxylic acids is 1. The summed E-state index contributed by atoms with van der Waals surface area (Å²) in [7, 11) is -1.61. The number of nitrogens with zero attached hydrogens (tertiary/aromatic N) is 3. The van der Waals surface area contributed by atoms with Gasteiger partial charge in [-0.3, -0.25) is 4.79 Å². The lowest BCUT2D eigenvalue weighted by Gasteiger charge is -2.31. The fourth-order valence-electron chi connectivity index (χ4n) is 3.38. The van der Waals surface area contributed by atoms with E-state index in [1.54, 1.807) is 18.2 Å². The number of benzene rings is 2. The monoisotopic (exact) mass is 456 g/mol. The van der Waals surface area contributed by atoms with Gasteiger partial charge in [-0.2, -0.15) is 4.31 Å². The van der Waals surface area contributed by atoms with Crippen molar-refractivity contribution in [2.45, 2.75) is 11.3 Å². The van der Waals surface area contributed by atoms with Gasteiger partial charge in [0.15, 0.2) is 0 Å². The molecule has 2 heterocycles. The highest BCUT2D eigenvalue weighted by Gasteiger charge is 2.27. The molecular weight excluding hydrogens is 432 g/mol. The van der Waals surface area contributed by atoms with Gasteiger partial charge in [-0.25, -0.2) is 13.4 Å². The molecule has 1 fully saturated rings. The van der Waals surface area contributed by atoms with Gasteiger partial charge in [0.25, 0.3) is 0 Å². The maximum atomic E-state index is 12.9. The number of nitrogens with one attached hydrogen (secondary N) is 1. The molecule has 1 N–H and O–H groups in total. The van der Waals surface area contributed by atoms with Crippen LogP contribution >= 0.6 is 11.3 Å². The molecule has 9 heteroatoms. The van der Waals surface area contributed by atoms with Crippen LogP contribution in [0.1, 0.15) is 5.69 Å². The average molecular weight is 457 g/mol. The molecule has 1 aliphatic heterocycles. The lowest BCUT2D eigenvalue weighted by Crippen LogP contribution is -2.47. The third-order valence-electron chi connectivity index (χ3n) is 5.13. The van der Waals surface area contributed by atoms with E-state index in [-0.39, 0.29) is 17.2 Å². The number of sulfonamides is 1. The van der Waals surface area contributed by atoms with Gasteiger partial charge in [-0.05, 0) is 25.2 Å². The van der Waals surface area contributed by atoms with Crippen molar-refractivity contribution in [2.75, 3.05) is 38.5 Å². The van der Waals surface area contributed by atoms with Crippen molar-refractivity contribution >= 4 is 33.0 Å². The number of amides is 1. The zero-order valence-electron chi connectivity index (χ0n) is 17.2. The Hall–Kier alpha value is -2.59. The van der Waals surface area contributed by atoms with Crippen LogP contribution in [0, 0.1) is 0 Å². The van der Waals surface area contributed by atoms with Crippen LogP contribution in [0.3, 0.4) is 0 Å². The van der Waals surface area contributed by atoms with Crippen molar-refractivity contribution in [3.8, 4) is 10.6 Å². The Kier molecular flexibility index (Phi) is 6.47. The molecule has 1 aliphatic rings. The average Bonchev–Trinajstić information content (AvgIpc) is 3.23. The van der Waals surface area contributed by atoms with E-state index in [1.807, 2.05) is 42.8 Å². The van der Waals surface area contributed by atoms with Crippen molar-refractivity contribution in [3.05, 3.63) is 65.7 Å². The maximum absolute atomic E-state index is 12.9. The Morgan fingerprint density at radius 3 is 2.55 bits per heavy atom. The standard InChI is InChI=1S/C22H24N4O3S2/c1-25-10-12-26(13-11-25)31(28,29)20-9-5-8-18(14-20)23-21(27)15-19-16-30-22(24-19)17-6-3-2-4-7-17/h2-9,14,16H,10-13,15H2,1H3,(H,23,27). The topological polar surface area (TPSA) is 82.6 Å². The second-order valence-corrected chi connectivity index (χ2v) is 10.3. The Labute approximate surface area is 186 Å². The van der Waals surface area contributed by atoms with Crippen LogP contribution in [-0.2, 0) is 21.2 Å². The summed E-state index contributed by atoms with van der Waals surface area (Å²) in [5, 5.41) is 5.53. The van der Waals surface area contributed by atoms with E-state index in [4.69, 9.17) is 0 Å². The Morgan fingerprint density at radius 1 is 1.06 bits per heavy atom.